The number of nitrogens with zero attached hydrogens (tertiary/aromatic N) is 4. The first kappa shape index (κ1) is 21.8. The van der Waals surface area contributed by atoms with E-state index in [0.29, 0.717) is 11.0 Å². The van der Waals surface area contributed by atoms with Gasteiger partial charge in [-0.05, 0) is 62.6 Å². The van der Waals surface area contributed by atoms with E-state index in [9.17, 15) is 4.79 Å². The van der Waals surface area contributed by atoms with Crippen molar-refractivity contribution in [2.24, 2.45) is 0 Å². The average Bonchev–Trinajstić information content (AvgIpc) is 3.20. The van der Waals surface area contributed by atoms with E-state index in [-0.39, 0.29) is 11.2 Å². The van der Waals surface area contributed by atoms with Crippen LogP contribution >= 0.6 is 11.8 Å². The summed E-state index contributed by atoms with van der Waals surface area (Å²) >= 11 is 1.39. The molecular weight excluding hydrogens is 418 g/mol. The van der Waals surface area contributed by atoms with Crippen LogP contribution in [0.3, 0.4) is 0 Å². The third-order valence-electron chi connectivity index (χ3n) is 5.29. The number of carbonyl (C=O) groups is 1. The van der Waals surface area contributed by atoms with E-state index in [2.05, 4.69) is 20.5 Å². The number of hydrogen-bond acceptors (Lipinski definition) is 5. The van der Waals surface area contributed by atoms with E-state index >= 15 is 0 Å². The molecule has 7 heteroatoms. The van der Waals surface area contributed by atoms with Crippen molar-refractivity contribution in [2.45, 2.75) is 38.1 Å². The van der Waals surface area contributed by atoms with Crippen LogP contribution in [-0.2, 0) is 4.79 Å². The van der Waals surface area contributed by atoms with Gasteiger partial charge >= 0.3 is 0 Å². The van der Waals surface area contributed by atoms with Crippen molar-refractivity contribution >= 4 is 23.4 Å². The normalized spacial score (nSPS) is 11.9. The summed E-state index contributed by atoms with van der Waals surface area (Å²) in [5, 5.41) is 12.3. The van der Waals surface area contributed by atoms with Crippen LogP contribution in [0.4, 0.5) is 5.69 Å². The molecule has 1 atom stereocenters. The lowest BCUT2D eigenvalue weighted by Gasteiger charge is -2.17. The number of rotatable bonds is 6. The Kier molecular flexibility index (Phi) is 6.37. The molecule has 0 saturated carbocycles. The topological polar surface area (TPSA) is 72.7 Å². The number of hydrogen-bond donors (Lipinski definition) is 1. The van der Waals surface area contributed by atoms with Crippen LogP contribution in [0.15, 0.2) is 72.1 Å². The summed E-state index contributed by atoms with van der Waals surface area (Å²) in [5.74, 6) is 0.618. The van der Waals surface area contributed by atoms with Crippen molar-refractivity contribution in [1.29, 1.82) is 0 Å². The maximum Gasteiger partial charge on any atom is 0.237 e. The Hall–Kier alpha value is -3.45. The number of anilines is 1. The molecule has 6 nitrogen and oxygen atoms in total. The highest BCUT2D eigenvalue weighted by Gasteiger charge is 2.23. The van der Waals surface area contributed by atoms with Crippen molar-refractivity contribution in [1.82, 2.24) is 19.7 Å². The fourth-order valence-corrected chi connectivity index (χ4v) is 4.37. The van der Waals surface area contributed by atoms with Crippen molar-refractivity contribution < 1.29 is 4.79 Å². The number of amides is 1. The van der Waals surface area contributed by atoms with E-state index in [1.165, 1.54) is 11.8 Å². The van der Waals surface area contributed by atoms with Gasteiger partial charge in [0.25, 0.3) is 0 Å². The van der Waals surface area contributed by atoms with Gasteiger partial charge in [0.1, 0.15) is 0 Å². The molecular formula is C25H25N5OS. The minimum absolute atomic E-state index is 0.0744. The Morgan fingerprint density at radius 3 is 2.34 bits per heavy atom. The summed E-state index contributed by atoms with van der Waals surface area (Å²) in [5.41, 5.74) is 5.87. The lowest BCUT2D eigenvalue weighted by atomic mass is 10.1. The number of aromatic nitrogens is 4. The summed E-state index contributed by atoms with van der Waals surface area (Å²) in [7, 11) is 0. The minimum atomic E-state index is -0.372. The van der Waals surface area contributed by atoms with Gasteiger partial charge in [-0.2, -0.15) is 0 Å². The lowest BCUT2D eigenvalue weighted by molar-refractivity contribution is -0.115. The SMILES string of the molecule is Cc1ccccc1-n1c(SC(C)C(=O)Nc2c(C)cccc2C)nnc1-c1cccnc1. The quantitative estimate of drug-likeness (QED) is 0.405. The van der Waals surface area contributed by atoms with Gasteiger partial charge < -0.3 is 5.32 Å². The third kappa shape index (κ3) is 4.43. The predicted octanol–water partition coefficient (Wildman–Crippen LogP) is 5.37. The van der Waals surface area contributed by atoms with Crippen molar-refractivity contribution in [3.05, 3.63) is 83.7 Å². The molecule has 0 aliphatic carbocycles. The zero-order chi connectivity index (χ0) is 22.7. The summed E-state index contributed by atoms with van der Waals surface area (Å²) in [6.07, 6.45) is 3.50. The maximum atomic E-state index is 13.0. The molecule has 0 fully saturated rings. The van der Waals surface area contributed by atoms with Crippen molar-refractivity contribution in [3.63, 3.8) is 0 Å². The molecule has 1 N–H and O–H groups in total. The van der Waals surface area contributed by atoms with E-state index in [1.54, 1.807) is 12.4 Å². The first-order chi connectivity index (χ1) is 15.5. The lowest BCUT2D eigenvalue weighted by Crippen LogP contribution is -2.23. The van der Waals surface area contributed by atoms with Gasteiger partial charge in [0.15, 0.2) is 11.0 Å². The molecule has 2 heterocycles. The van der Waals surface area contributed by atoms with E-state index in [4.69, 9.17) is 0 Å². The smallest absolute Gasteiger partial charge is 0.237 e. The van der Waals surface area contributed by atoms with E-state index in [0.717, 1.165) is 33.6 Å². The van der Waals surface area contributed by atoms with E-state index in [1.807, 2.05) is 86.9 Å². The van der Waals surface area contributed by atoms with Gasteiger partial charge in [0.2, 0.25) is 5.91 Å². The second kappa shape index (κ2) is 9.36. The monoisotopic (exact) mass is 443 g/mol. The number of nitrogens with one attached hydrogen (secondary N) is 1. The zero-order valence-corrected chi connectivity index (χ0v) is 19.4. The third-order valence-corrected chi connectivity index (χ3v) is 6.33. The molecule has 1 unspecified atom stereocenters. The summed E-state index contributed by atoms with van der Waals surface area (Å²) in [6, 6.07) is 17.9. The Morgan fingerprint density at radius 2 is 1.66 bits per heavy atom. The predicted molar refractivity (Wildman–Crippen MR) is 129 cm³/mol. The second-order valence-electron chi connectivity index (χ2n) is 7.69. The van der Waals surface area contributed by atoms with Gasteiger partial charge in [0.05, 0.1) is 10.9 Å². The molecule has 0 bridgehead atoms. The Bertz CT molecular complexity index is 1230. The summed E-state index contributed by atoms with van der Waals surface area (Å²) in [6.45, 7) is 7.92. The number of aryl methyl sites for hydroxylation is 3. The Balaban J connectivity index is 1.67. The molecule has 0 radical (unpaired) electrons. The molecule has 1 amide bonds. The van der Waals surface area contributed by atoms with Gasteiger partial charge in [-0.15, -0.1) is 10.2 Å². The highest BCUT2D eigenvalue weighted by molar-refractivity contribution is 8.00. The standard InChI is InChI=1S/C25H25N5OS/c1-16-9-5-6-13-21(16)30-23(20-12-8-14-26-15-20)28-29-25(30)32-19(4)24(31)27-22-17(2)10-7-11-18(22)3/h5-15,19H,1-4H3,(H,27,31). The number of carbonyl (C=O) groups excluding carboxylic acids is 1. The van der Waals surface area contributed by atoms with Crippen molar-refractivity contribution in [3.8, 4) is 17.1 Å². The maximum absolute atomic E-state index is 13.0. The molecule has 32 heavy (non-hydrogen) atoms. The fourth-order valence-electron chi connectivity index (χ4n) is 3.51. The van der Waals surface area contributed by atoms with E-state index < -0.39 is 0 Å². The summed E-state index contributed by atoms with van der Waals surface area (Å²) in [4.78, 5) is 17.2. The van der Waals surface area contributed by atoms with Gasteiger partial charge in [0, 0.05) is 23.6 Å². The van der Waals surface area contributed by atoms with Crippen molar-refractivity contribution in [2.75, 3.05) is 5.32 Å². The second-order valence-corrected chi connectivity index (χ2v) is 8.99. The molecule has 4 aromatic rings. The van der Waals surface area contributed by atoms with Crippen LogP contribution in [0.1, 0.15) is 23.6 Å². The Labute approximate surface area is 192 Å². The van der Waals surface area contributed by atoms with Crippen LogP contribution < -0.4 is 5.32 Å². The molecule has 0 aliphatic rings. The van der Waals surface area contributed by atoms with Crippen LogP contribution in [0.5, 0.6) is 0 Å². The number of thioether (sulfide) groups is 1. The van der Waals surface area contributed by atoms with Crippen LogP contribution in [0, 0.1) is 20.8 Å². The number of benzene rings is 2. The zero-order valence-electron chi connectivity index (χ0n) is 18.5. The van der Waals surface area contributed by atoms with Crippen LogP contribution in [-0.4, -0.2) is 30.9 Å². The molecule has 0 saturated heterocycles. The molecule has 2 aromatic heterocycles. The van der Waals surface area contributed by atoms with Gasteiger partial charge in [-0.1, -0.05) is 48.2 Å². The largest absolute Gasteiger partial charge is 0.325 e. The molecule has 2 aromatic carbocycles. The highest BCUT2D eigenvalue weighted by atomic mass is 32.2. The number of para-hydroxylation sites is 2. The summed E-state index contributed by atoms with van der Waals surface area (Å²) < 4.78 is 2.00. The minimum Gasteiger partial charge on any atom is -0.325 e. The molecule has 4 rings (SSSR count). The van der Waals surface area contributed by atoms with Crippen LogP contribution in [0.2, 0.25) is 0 Å². The highest BCUT2D eigenvalue weighted by Crippen LogP contribution is 2.31. The molecule has 0 spiro atoms. The van der Waals surface area contributed by atoms with Crippen LogP contribution in [0.25, 0.3) is 17.1 Å². The first-order valence-corrected chi connectivity index (χ1v) is 11.3. The van der Waals surface area contributed by atoms with Gasteiger partial charge in [-0.3, -0.25) is 14.3 Å². The number of pyridine rings is 1. The Morgan fingerprint density at radius 1 is 0.938 bits per heavy atom. The average molecular weight is 444 g/mol. The van der Waals surface area contributed by atoms with Gasteiger partial charge in [-0.25, -0.2) is 0 Å². The molecule has 162 valence electrons. The first-order valence-electron chi connectivity index (χ1n) is 10.4. The molecule has 0 aliphatic heterocycles. The fraction of sp³-hybridized carbons (Fsp3) is 0.200.